The molecule has 0 radical (unpaired) electrons. The summed E-state index contributed by atoms with van der Waals surface area (Å²) in [6.07, 6.45) is 2.69. The molecule has 0 saturated carbocycles. The molecule has 1 aromatic rings. The van der Waals surface area contributed by atoms with Gasteiger partial charge >= 0.3 is 0 Å². The average Bonchev–Trinajstić information content (AvgIpc) is 2.50. The van der Waals surface area contributed by atoms with E-state index in [1.807, 2.05) is 6.92 Å². The first-order valence-electron chi connectivity index (χ1n) is 4.69. The molecule has 0 aliphatic heterocycles. The summed E-state index contributed by atoms with van der Waals surface area (Å²) in [4.78, 5) is 14.8. The van der Waals surface area contributed by atoms with E-state index in [1.54, 1.807) is 18.7 Å². The molecular weight excluding hydrogens is 198 g/mol. The van der Waals surface area contributed by atoms with Crippen LogP contribution in [0.4, 0.5) is 0 Å². The third-order valence-electron chi connectivity index (χ3n) is 1.73. The van der Waals surface area contributed by atoms with E-state index < -0.39 is 0 Å². The topological polar surface area (TPSA) is 58.6 Å². The molecule has 1 aromatic heterocycles. The van der Waals surface area contributed by atoms with Crippen molar-refractivity contribution in [2.75, 3.05) is 5.75 Å². The third kappa shape index (κ3) is 4.41. The van der Waals surface area contributed by atoms with Crippen LogP contribution < -0.4 is 0 Å². The normalized spacial score (nSPS) is 10.4. The molecule has 0 aliphatic rings. The van der Waals surface area contributed by atoms with Crippen molar-refractivity contribution in [3.05, 3.63) is 5.82 Å². The molecule has 0 amide bonds. The maximum atomic E-state index is 10.6. The number of H-pyrrole nitrogens is 1. The molecule has 0 aliphatic carbocycles. The zero-order valence-corrected chi connectivity index (χ0v) is 9.36. The van der Waals surface area contributed by atoms with Gasteiger partial charge < -0.3 is 4.79 Å². The van der Waals surface area contributed by atoms with Crippen LogP contribution in [0.3, 0.4) is 0 Å². The Hall–Kier alpha value is -0.840. The number of rotatable bonds is 6. The number of aromatic amines is 1. The Balaban J connectivity index is 2.07. The van der Waals surface area contributed by atoms with Gasteiger partial charge in [-0.1, -0.05) is 11.8 Å². The molecule has 1 rings (SSSR count). The van der Waals surface area contributed by atoms with Gasteiger partial charge in [-0.3, -0.25) is 5.10 Å². The highest BCUT2D eigenvalue weighted by Gasteiger charge is 2.00. The van der Waals surface area contributed by atoms with Crippen LogP contribution in [0.15, 0.2) is 5.16 Å². The fourth-order valence-corrected chi connectivity index (χ4v) is 1.87. The summed E-state index contributed by atoms with van der Waals surface area (Å²) in [6, 6.07) is 0. The van der Waals surface area contributed by atoms with Crippen molar-refractivity contribution in [3.63, 3.8) is 0 Å². The average molecular weight is 213 g/mol. The number of Topliss-reactive ketones (excluding diaryl/α,β-unsaturated/α-hetero) is 1. The quantitative estimate of drug-likeness (QED) is 0.579. The highest BCUT2D eigenvalue weighted by Crippen LogP contribution is 2.14. The van der Waals surface area contributed by atoms with Crippen LogP contribution in [0.1, 0.15) is 32.0 Å². The minimum atomic E-state index is 0.267. The van der Waals surface area contributed by atoms with E-state index in [9.17, 15) is 4.79 Å². The Kier molecular flexibility index (Phi) is 4.65. The summed E-state index contributed by atoms with van der Waals surface area (Å²) >= 11 is 1.63. The highest BCUT2D eigenvalue weighted by molar-refractivity contribution is 7.99. The Morgan fingerprint density at radius 3 is 2.86 bits per heavy atom. The molecule has 0 aromatic carbocycles. The van der Waals surface area contributed by atoms with Gasteiger partial charge in [-0.2, -0.15) is 0 Å². The van der Waals surface area contributed by atoms with E-state index in [0.29, 0.717) is 6.42 Å². The van der Waals surface area contributed by atoms with Gasteiger partial charge in [-0.05, 0) is 26.7 Å². The largest absolute Gasteiger partial charge is 0.300 e. The molecule has 1 N–H and O–H groups in total. The summed E-state index contributed by atoms with van der Waals surface area (Å²) in [5.41, 5.74) is 0. The fourth-order valence-electron chi connectivity index (χ4n) is 1.03. The zero-order valence-electron chi connectivity index (χ0n) is 8.54. The van der Waals surface area contributed by atoms with E-state index in [2.05, 4.69) is 15.2 Å². The minimum Gasteiger partial charge on any atom is -0.300 e. The number of carbonyl (C=O) groups is 1. The second-order valence-electron chi connectivity index (χ2n) is 3.21. The van der Waals surface area contributed by atoms with Crippen LogP contribution >= 0.6 is 11.8 Å². The van der Waals surface area contributed by atoms with E-state index >= 15 is 0 Å². The number of hydrogen-bond donors (Lipinski definition) is 1. The molecule has 0 atom stereocenters. The molecule has 0 spiro atoms. The van der Waals surface area contributed by atoms with Gasteiger partial charge in [0, 0.05) is 12.2 Å². The third-order valence-corrected chi connectivity index (χ3v) is 2.66. The first-order chi connectivity index (χ1) is 6.68. The number of nitrogens with zero attached hydrogens (tertiary/aromatic N) is 2. The molecule has 14 heavy (non-hydrogen) atoms. The Morgan fingerprint density at radius 1 is 1.50 bits per heavy atom. The number of thioether (sulfide) groups is 1. The predicted molar refractivity (Wildman–Crippen MR) is 56.4 cm³/mol. The Bertz CT molecular complexity index is 298. The van der Waals surface area contributed by atoms with Crippen molar-refractivity contribution < 1.29 is 4.79 Å². The lowest BCUT2D eigenvalue weighted by Gasteiger charge is -1.95. The first kappa shape index (κ1) is 11.2. The van der Waals surface area contributed by atoms with Crippen LogP contribution in [0.2, 0.25) is 0 Å². The van der Waals surface area contributed by atoms with E-state index in [-0.39, 0.29) is 5.78 Å². The minimum absolute atomic E-state index is 0.267. The van der Waals surface area contributed by atoms with E-state index in [1.165, 1.54) is 0 Å². The lowest BCUT2D eigenvalue weighted by atomic mass is 10.2. The van der Waals surface area contributed by atoms with Crippen LogP contribution in [0.5, 0.6) is 0 Å². The highest BCUT2D eigenvalue weighted by atomic mass is 32.2. The fraction of sp³-hybridized carbons (Fsp3) is 0.667. The van der Waals surface area contributed by atoms with Crippen LogP contribution in [-0.2, 0) is 4.79 Å². The Morgan fingerprint density at radius 2 is 2.29 bits per heavy atom. The van der Waals surface area contributed by atoms with Crippen LogP contribution in [0.25, 0.3) is 0 Å². The van der Waals surface area contributed by atoms with E-state index in [4.69, 9.17) is 0 Å². The number of aromatic nitrogens is 3. The number of nitrogens with one attached hydrogen (secondary N) is 1. The zero-order chi connectivity index (χ0) is 10.4. The standard InChI is InChI=1S/C9H15N3OS/c1-7(13)5-3-4-6-14-9-10-8(2)11-12-9/h3-6H2,1-2H3,(H,10,11,12). The summed E-state index contributed by atoms with van der Waals surface area (Å²) in [6.45, 7) is 3.51. The maximum absolute atomic E-state index is 10.6. The van der Waals surface area contributed by atoms with Gasteiger partial charge in [-0.15, -0.1) is 5.10 Å². The molecule has 5 heteroatoms. The van der Waals surface area contributed by atoms with Gasteiger partial charge in [0.15, 0.2) is 0 Å². The van der Waals surface area contributed by atoms with E-state index in [0.717, 1.165) is 29.6 Å². The predicted octanol–water partition coefficient (Wildman–Crippen LogP) is 1.96. The van der Waals surface area contributed by atoms with Gasteiger partial charge in [-0.25, -0.2) is 4.98 Å². The molecule has 0 saturated heterocycles. The number of hydrogen-bond acceptors (Lipinski definition) is 4. The maximum Gasteiger partial charge on any atom is 0.208 e. The van der Waals surface area contributed by atoms with Crippen molar-refractivity contribution >= 4 is 17.5 Å². The first-order valence-corrected chi connectivity index (χ1v) is 5.68. The summed E-state index contributed by atoms with van der Waals surface area (Å²) < 4.78 is 0. The van der Waals surface area contributed by atoms with Gasteiger partial charge in [0.05, 0.1) is 0 Å². The number of ketones is 1. The molecule has 0 fully saturated rings. The molecular formula is C9H15N3OS. The molecule has 1 heterocycles. The van der Waals surface area contributed by atoms with Crippen molar-refractivity contribution in [2.24, 2.45) is 0 Å². The Labute approximate surface area is 87.9 Å². The van der Waals surface area contributed by atoms with Crippen molar-refractivity contribution in [1.29, 1.82) is 0 Å². The second kappa shape index (κ2) is 5.80. The molecule has 78 valence electrons. The van der Waals surface area contributed by atoms with Crippen molar-refractivity contribution in [2.45, 2.75) is 38.3 Å². The summed E-state index contributed by atoms with van der Waals surface area (Å²) in [7, 11) is 0. The lowest BCUT2D eigenvalue weighted by Crippen LogP contribution is -1.90. The smallest absolute Gasteiger partial charge is 0.208 e. The van der Waals surface area contributed by atoms with Crippen LogP contribution in [0, 0.1) is 6.92 Å². The number of unbranched alkanes of at least 4 members (excludes halogenated alkanes) is 1. The monoisotopic (exact) mass is 213 g/mol. The van der Waals surface area contributed by atoms with Gasteiger partial charge in [0.2, 0.25) is 5.16 Å². The van der Waals surface area contributed by atoms with Crippen LogP contribution in [-0.4, -0.2) is 26.7 Å². The van der Waals surface area contributed by atoms with Crippen molar-refractivity contribution in [1.82, 2.24) is 15.2 Å². The lowest BCUT2D eigenvalue weighted by molar-refractivity contribution is -0.117. The second-order valence-corrected chi connectivity index (χ2v) is 4.27. The summed E-state index contributed by atoms with van der Waals surface area (Å²) in [5, 5.41) is 7.60. The molecule has 0 bridgehead atoms. The number of aryl methyl sites for hydroxylation is 1. The molecule has 0 unspecified atom stereocenters. The van der Waals surface area contributed by atoms with Gasteiger partial charge in [0.25, 0.3) is 0 Å². The SMILES string of the molecule is CC(=O)CCCCSc1n[nH]c(C)n1. The summed E-state index contributed by atoms with van der Waals surface area (Å²) in [5.74, 6) is 2.09. The van der Waals surface area contributed by atoms with Crippen molar-refractivity contribution in [3.8, 4) is 0 Å². The number of carbonyl (C=O) groups excluding carboxylic acids is 1. The molecule has 4 nitrogen and oxygen atoms in total. The van der Waals surface area contributed by atoms with Gasteiger partial charge in [0.1, 0.15) is 11.6 Å².